The quantitative estimate of drug-likeness (QED) is 0.564. The van der Waals surface area contributed by atoms with E-state index >= 15 is 0 Å². The summed E-state index contributed by atoms with van der Waals surface area (Å²) in [6, 6.07) is 8.09. The lowest BCUT2D eigenvalue weighted by atomic mass is 10.1. The smallest absolute Gasteiger partial charge is 0.256 e. The van der Waals surface area contributed by atoms with E-state index in [0.29, 0.717) is 36.8 Å². The molecular weight excluding hydrogens is 416 g/mol. The Bertz CT molecular complexity index is 900. The molecule has 1 aromatic carbocycles. The molecule has 2 aromatic rings. The number of hydrogen-bond donors (Lipinski definition) is 4. The van der Waals surface area contributed by atoms with E-state index in [1.54, 1.807) is 6.20 Å². The van der Waals surface area contributed by atoms with Crippen LogP contribution in [0.2, 0.25) is 0 Å². The zero-order valence-electron chi connectivity index (χ0n) is 19.6. The first-order chi connectivity index (χ1) is 16.1. The number of amides is 2. The second kappa shape index (κ2) is 13.4. The van der Waals surface area contributed by atoms with E-state index in [9.17, 15) is 9.59 Å². The zero-order valence-corrected chi connectivity index (χ0v) is 19.6. The number of hydrogen-bond acceptors (Lipinski definition) is 6. The Morgan fingerprint density at radius 2 is 1.58 bits per heavy atom. The molecular formula is C25H36N6O2. The first kappa shape index (κ1) is 24.5. The van der Waals surface area contributed by atoms with Gasteiger partial charge in [0.15, 0.2) is 0 Å². The molecule has 1 aliphatic rings. The average Bonchev–Trinajstić information content (AvgIpc) is 2.82. The fraction of sp³-hybridized carbons (Fsp3) is 0.520. The van der Waals surface area contributed by atoms with Gasteiger partial charge in [0.25, 0.3) is 5.91 Å². The standard InChI is InChI=1S/C25H36N6O2/c1-19-10-12-20(13-11-19)17-29-24(33)21-18-30-25-28-16-7-3-2-6-14-26-22(32)9-5-4-8-15-27-23(21)31-25/h10-13,18H,2-9,14-17H2,1H3,(H,26,32)(H,29,33)(H2,27,28,30,31). The van der Waals surface area contributed by atoms with Crippen molar-refractivity contribution in [1.29, 1.82) is 0 Å². The Labute approximate surface area is 196 Å². The summed E-state index contributed by atoms with van der Waals surface area (Å²) in [5.41, 5.74) is 2.66. The van der Waals surface area contributed by atoms with E-state index < -0.39 is 0 Å². The van der Waals surface area contributed by atoms with Crippen LogP contribution in [0.3, 0.4) is 0 Å². The molecule has 8 heteroatoms. The van der Waals surface area contributed by atoms with Gasteiger partial charge in [-0.15, -0.1) is 0 Å². The number of anilines is 2. The van der Waals surface area contributed by atoms with Crippen molar-refractivity contribution in [3.63, 3.8) is 0 Å². The molecule has 178 valence electrons. The highest BCUT2D eigenvalue weighted by atomic mass is 16.2. The van der Waals surface area contributed by atoms with Gasteiger partial charge in [-0.05, 0) is 38.2 Å². The number of nitrogens with zero attached hydrogens (tertiary/aromatic N) is 2. The van der Waals surface area contributed by atoms with E-state index in [1.807, 2.05) is 31.2 Å². The Morgan fingerprint density at radius 1 is 0.909 bits per heavy atom. The zero-order chi connectivity index (χ0) is 23.3. The predicted octanol–water partition coefficient (Wildman–Crippen LogP) is 3.79. The molecule has 0 saturated heterocycles. The van der Waals surface area contributed by atoms with Crippen molar-refractivity contribution in [3.05, 3.63) is 47.2 Å². The van der Waals surface area contributed by atoms with Crippen LogP contribution in [0.25, 0.3) is 0 Å². The van der Waals surface area contributed by atoms with Crippen molar-refractivity contribution in [3.8, 4) is 0 Å². The van der Waals surface area contributed by atoms with Gasteiger partial charge in [-0.1, -0.05) is 49.1 Å². The van der Waals surface area contributed by atoms with Gasteiger partial charge in [0, 0.05) is 38.8 Å². The molecule has 0 radical (unpaired) electrons. The third-order valence-corrected chi connectivity index (χ3v) is 5.69. The summed E-state index contributed by atoms with van der Waals surface area (Å²) in [5.74, 6) is 0.996. The molecule has 33 heavy (non-hydrogen) atoms. The molecule has 0 saturated carbocycles. The van der Waals surface area contributed by atoms with Gasteiger partial charge in [-0.3, -0.25) is 9.59 Å². The van der Waals surface area contributed by atoms with E-state index in [4.69, 9.17) is 0 Å². The second-order valence-electron chi connectivity index (χ2n) is 8.55. The number of aromatic nitrogens is 2. The maximum Gasteiger partial charge on any atom is 0.256 e. The monoisotopic (exact) mass is 452 g/mol. The third-order valence-electron chi connectivity index (χ3n) is 5.69. The lowest BCUT2D eigenvalue weighted by Crippen LogP contribution is -2.25. The van der Waals surface area contributed by atoms with Crippen LogP contribution in [-0.2, 0) is 11.3 Å². The van der Waals surface area contributed by atoms with Gasteiger partial charge in [0.05, 0.1) is 0 Å². The van der Waals surface area contributed by atoms with Crippen LogP contribution in [0.15, 0.2) is 30.5 Å². The third kappa shape index (κ3) is 8.71. The minimum absolute atomic E-state index is 0.138. The first-order valence-corrected chi connectivity index (χ1v) is 12.1. The Balaban J connectivity index is 1.63. The summed E-state index contributed by atoms with van der Waals surface area (Å²) in [6.07, 6.45) is 8.99. The molecule has 1 aromatic heterocycles. The maximum absolute atomic E-state index is 12.9. The summed E-state index contributed by atoms with van der Waals surface area (Å²) in [4.78, 5) is 33.7. The lowest BCUT2D eigenvalue weighted by molar-refractivity contribution is -0.121. The maximum atomic E-state index is 12.9. The lowest BCUT2D eigenvalue weighted by Gasteiger charge is -2.14. The fourth-order valence-corrected chi connectivity index (χ4v) is 3.67. The van der Waals surface area contributed by atoms with Gasteiger partial charge in [-0.25, -0.2) is 4.98 Å². The van der Waals surface area contributed by atoms with Crippen LogP contribution in [0.1, 0.15) is 72.9 Å². The Morgan fingerprint density at radius 3 is 2.33 bits per heavy atom. The number of rotatable bonds is 3. The number of aryl methyl sites for hydroxylation is 1. The van der Waals surface area contributed by atoms with Gasteiger partial charge in [-0.2, -0.15) is 4.98 Å². The topological polar surface area (TPSA) is 108 Å². The van der Waals surface area contributed by atoms with Gasteiger partial charge in [0.1, 0.15) is 11.4 Å². The molecule has 0 atom stereocenters. The van der Waals surface area contributed by atoms with E-state index in [-0.39, 0.29) is 11.8 Å². The largest absolute Gasteiger partial charge is 0.369 e. The van der Waals surface area contributed by atoms with Crippen LogP contribution in [0.4, 0.5) is 11.8 Å². The fourth-order valence-electron chi connectivity index (χ4n) is 3.67. The predicted molar refractivity (Wildman–Crippen MR) is 131 cm³/mol. The van der Waals surface area contributed by atoms with Crippen molar-refractivity contribution in [2.24, 2.45) is 0 Å². The van der Waals surface area contributed by atoms with Crippen LogP contribution in [-0.4, -0.2) is 41.4 Å². The highest BCUT2D eigenvalue weighted by Gasteiger charge is 2.15. The summed E-state index contributed by atoms with van der Waals surface area (Å²) >= 11 is 0. The number of nitrogens with one attached hydrogen (secondary N) is 4. The highest BCUT2D eigenvalue weighted by molar-refractivity contribution is 5.98. The molecule has 2 bridgehead atoms. The van der Waals surface area contributed by atoms with E-state index in [1.165, 1.54) is 5.56 Å². The van der Waals surface area contributed by atoms with E-state index in [2.05, 4.69) is 31.2 Å². The van der Waals surface area contributed by atoms with Gasteiger partial charge < -0.3 is 21.3 Å². The summed E-state index contributed by atoms with van der Waals surface area (Å²) in [5, 5.41) is 12.5. The first-order valence-electron chi connectivity index (χ1n) is 12.1. The van der Waals surface area contributed by atoms with Crippen LogP contribution in [0, 0.1) is 6.92 Å². The van der Waals surface area contributed by atoms with E-state index in [0.717, 1.165) is 63.6 Å². The van der Waals surface area contributed by atoms with Crippen LogP contribution < -0.4 is 21.3 Å². The van der Waals surface area contributed by atoms with Crippen molar-refractivity contribution in [1.82, 2.24) is 20.6 Å². The summed E-state index contributed by atoms with van der Waals surface area (Å²) < 4.78 is 0. The van der Waals surface area contributed by atoms with Crippen LogP contribution >= 0.6 is 0 Å². The Hall–Kier alpha value is -3.16. The minimum Gasteiger partial charge on any atom is -0.369 e. The van der Waals surface area contributed by atoms with Gasteiger partial charge >= 0.3 is 0 Å². The molecule has 0 fully saturated rings. The summed E-state index contributed by atoms with van der Waals surface area (Å²) in [6.45, 7) is 4.69. The van der Waals surface area contributed by atoms with Crippen molar-refractivity contribution < 1.29 is 9.59 Å². The van der Waals surface area contributed by atoms with Gasteiger partial charge in [0.2, 0.25) is 11.9 Å². The molecule has 1 aliphatic heterocycles. The van der Waals surface area contributed by atoms with Crippen molar-refractivity contribution in [2.75, 3.05) is 30.3 Å². The molecule has 2 heterocycles. The van der Waals surface area contributed by atoms with Crippen molar-refractivity contribution >= 4 is 23.6 Å². The minimum atomic E-state index is -0.205. The normalized spacial score (nSPS) is 16.3. The molecule has 0 aliphatic carbocycles. The van der Waals surface area contributed by atoms with Crippen LogP contribution in [0.5, 0.6) is 0 Å². The number of benzene rings is 1. The Kier molecular flexibility index (Phi) is 9.94. The highest BCUT2D eigenvalue weighted by Crippen LogP contribution is 2.16. The molecule has 8 nitrogen and oxygen atoms in total. The molecule has 4 N–H and O–H groups in total. The number of carbonyl (C=O) groups excluding carboxylic acids is 2. The molecule has 0 unspecified atom stereocenters. The van der Waals surface area contributed by atoms with Crippen molar-refractivity contribution in [2.45, 2.75) is 64.8 Å². The average molecular weight is 453 g/mol. The number of carbonyl (C=O) groups is 2. The second-order valence-corrected chi connectivity index (χ2v) is 8.55. The SMILES string of the molecule is Cc1ccc(CNC(=O)c2cnc3nc2NCCCCCC(=O)NCCCCCCN3)cc1. The summed E-state index contributed by atoms with van der Waals surface area (Å²) in [7, 11) is 0. The number of fused-ring (bicyclic) bond motifs is 2. The molecule has 2 amide bonds. The molecule has 3 rings (SSSR count). The molecule has 0 spiro atoms.